The van der Waals surface area contributed by atoms with Gasteiger partial charge in [-0.05, 0) is 56.5 Å². The molecule has 36 heavy (non-hydrogen) atoms. The lowest BCUT2D eigenvalue weighted by atomic mass is 9.92. The third-order valence-corrected chi connectivity index (χ3v) is 6.00. The van der Waals surface area contributed by atoms with Crippen molar-refractivity contribution in [2.24, 2.45) is 0 Å². The van der Waals surface area contributed by atoms with Gasteiger partial charge in [0.05, 0.1) is 11.4 Å². The van der Waals surface area contributed by atoms with E-state index in [2.05, 4.69) is 51.3 Å². The quantitative estimate of drug-likeness (QED) is 0.386. The molecule has 0 spiro atoms. The second-order valence-corrected chi connectivity index (χ2v) is 10.5. The van der Waals surface area contributed by atoms with Gasteiger partial charge < -0.3 is 15.5 Å². The maximum absolute atomic E-state index is 13.2. The van der Waals surface area contributed by atoms with E-state index in [-0.39, 0.29) is 23.9 Å². The van der Waals surface area contributed by atoms with Crippen LogP contribution in [0.15, 0.2) is 48.5 Å². The first kappa shape index (κ1) is 27.0. The van der Waals surface area contributed by atoms with Gasteiger partial charge in [0, 0.05) is 23.7 Å². The Labute approximate surface area is 214 Å². The average molecular weight is 490 g/mol. The topological polar surface area (TPSA) is 79.3 Å². The number of rotatable bonds is 8. The predicted octanol–water partition coefficient (Wildman–Crippen LogP) is 6.37. The highest BCUT2D eigenvalue weighted by atomic mass is 16.2. The van der Waals surface area contributed by atoms with Crippen molar-refractivity contribution in [1.29, 1.82) is 0 Å². The summed E-state index contributed by atoms with van der Waals surface area (Å²) in [4.78, 5) is 27.8. The van der Waals surface area contributed by atoms with Gasteiger partial charge in [-0.1, -0.05) is 63.9 Å². The van der Waals surface area contributed by atoms with E-state index in [9.17, 15) is 9.59 Å². The van der Waals surface area contributed by atoms with E-state index in [1.807, 2.05) is 56.3 Å². The summed E-state index contributed by atoms with van der Waals surface area (Å²) in [6, 6.07) is 15.4. The summed E-state index contributed by atoms with van der Waals surface area (Å²) in [7, 11) is 0. The number of hydrogen-bond acceptors (Lipinski definition) is 3. The van der Waals surface area contributed by atoms with Crippen LogP contribution in [0, 0.1) is 20.8 Å². The first-order chi connectivity index (χ1) is 17.0. The molecule has 0 aliphatic carbocycles. The summed E-state index contributed by atoms with van der Waals surface area (Å²) >= 11 is 0. The Kier molecular flexibility index (Phi) is 8.56. The third-order valence-electron chi connectivity index (χ3n) is 6.00. The van der Waals surface area contributed by atoms with Gasteiger partial charge in [-0.3, -0.25) is 4.79 Å². The second kappa shape index (κ2) is 11.4. The number of benzene rings is 2. The number of nitrogens with one attached hydrogen (secondary N) is 2. The minimum atomic E-state index is -0.289. The van der Waals surface area contributed by atoms with Gasteiger partial charge in [-0.2, -0.15) is 5.10 Å². The fourth-order valence-corrected chi connectivity index (χ4v) is 3.95. The van der Waals surface area contributed by atoms with Crippen LogP contribution in [-0.2, 0) is 10.2 Å². The Morgan fingerprint density at radius 2 is 1.69 bits per heavy atom. The minimum Gasteiger partial charge on any atom is -0.315 e. The minimum absolute atomic E-state index is 0.0550. The van der Waals surface area contributed by atoms with Crippen LogP contribution in [-0.4, -0.2) is 39.7 Å². The van der Waals surface area contributed by atoms with Crippen LogP contribution in [0.3, 0.4) is 0 Å². The number of hydrogen-bond donors (Lipinski definition) is 2. The molecule has 3 aromatic rings. The zero-order valence-corrected chi connectivity index (χ0v) is 22.6. The Morgan fingerprint density at radius 1 is 0.972 bits per heavy atom. The van der Waals surface area contributed by atoms with E-state index in [0.29, 0.717) is 18.1 Å². The largest absolute Gasteiger partial charge is 0.322 e. The van der Waals surface area contributed by atoms with Crippen molar-refractivity contribution in [1.82, 2.24) is 14.7 Å². The molecule has 3 amide bonds. The molecule has 0 saturated heterocycles. The normalized spacial score (nSPS) is 11.3. The van der Waals surface area contributed by atoms with Crippen molar-refractivity contribution < 1.29 is 9.59 Å². The molecule has 2 N–H and O–H groups in total. The van der Waals surface area contributed by atoms with Crippen LogP contribution < -0.4 is 10.6 Å². The van der Waals surface area contributed by atoms with E-state index in [1.54, 1.807) is 9.58 Å². The Bertz CT molecular complexity index is 1220. The van der Waals surface area contributed by atoms with Gasteiger partial charge >= 0.3 is 6.03 Å². The zero-order valence-electron chi connectivity index (χ0n) is 22.6. The van der Waals surface area contributed by atoms with Crippen LogP contribution in [0.2, 0.25) is 0 Å². The van der Waals surface area contributed by atoms with Crippen LogP contribution >= 0.6 is 0 Å². The molecule has 3 rings (SSSR count). The molecule has 7 heteroatoms. The average Bonchev–Trinajstić information content (AvgIpc) is 3.20. The van der Waals surface area contributed by atoms with Gasteiger partial charge in [0.1, 0.15) is 12.4 Å². The molecule has 0 bridgehead atoms. The number of nitrogens with zero attached hydrogens (tertiary/aromatic N) is 3. The molecule has 192 valence electrons. The fraction of sp³-hybridized carbons (Fsp3) is 0.414. The lowest BCUT2D eigenvalue weighted by Gasteiger charge is -2.23. The number of aromatic nitrogens is 2. The van der Waals surface area contributed by atoms with Crippen molar-refractivity contribution in [2.75, 3.05) is 23.7 Å². The molecule has 0 aliphatic heterocycles. The van der Waals surface area contributed by atoms with Crippen LogP contribution in [0.4, 0.5) is 16.3 Å². The summed E-state index contributed by atoms with van der Waals surface area (Å²) in [6.07, 6.45) is 1.73. The molecule has 0 radical (unpaired) electrons. The standard InChI is InChI=1S/C29H39N5O2/c1-8-9-15-33(28(36)30-23-12-10-11-20(2)17-23)19-27(35)31-26-18-25(29(5,6)7)32-34(26)24-14-13-21(3)16-22(24)4/h10-14,16-18H,8-9,15,19H2,1-7H3,(H,30,36)(H,31,35). The van der Waals surface area contributed by atoms with Gasteiger partial charge in [0.25, 0.3) is 0 Å². The van der Waals surface area contributed by atoms with E-state index in [4.69, 9.17) is 5.10 Å². The van der Waals surface area contributed by atoms with E-state index < -0.39 is 0 Å². The SMILES string of the molecule is CCCCN(CC(=O)Nc1cc(C(C)(C)C)nn1-c1ccc(C)cc1C)C(=O)Nc1cccc(C)c1. The van der Waals surface area contributed by atoms with Crippen molar-refractivity contribution in [3.05, 3.63) is 70.9 Å². The molecule has 0 unspecified atom stereocenters. The fourth-order valence-electron chi connectivity index (χ4n) is 3.95. The molecule has 0 fully saturated rings. The number of amides is 3. The predicted molar refractivity (Wildman–Crippen MR) is 147 cm³/mol. The summed E-state index contributed by atoms with van der Waals surface area (Å²) < 4.78 is 1.79. The summed E-state index contributed by atoms with van der Waals surface area (Å²) in [5.74, 6) is 0.322. The molecular formula is C29H39N5O2. The number of anilines is 2. The molecule has 2 aromatic carbocycles. The highest BCUT2D eigenvalue weighted by Gasteiger charge is 2.23. The van der Waals surface area contributed by atoms with Gasteiger partial charge in [-0.25, -0.2) is 9.48 Å². The zero-order chi connectivity index (χ0) is 26.5. The van der Waals surface area contributed by atoms with Crippen molar-refractivity contribution >= 4 is 23.4 Å². The Morgan fingerprint density at radius 3 is 2.33 bits per heavy atom. The molecule has 0 aliphatic rings. The maximum Gasteiger partial charge on any atom is 0.322 e. The molecular weight excluding hydrogens is 450 g/mol. The molecule has 0 saturated carbocycles. The van der Waals surface area contributed by atoms with Crippen molar-refractivity contribution in [2.45, 2.75) is 66.7 Å². The summed E-state index contributed by atoms with van der Waals surface area (Å²) in [5, 5.41) is 10.8. The van der Waals surface area contributed by atoms with Crippen LogP contribution in [0.5, 0.6) is 0 Å². The van der Waals surface area contributed by atoms with Crippen molar-refractivity contribution in [3.63, 3.8) is 0 Å². The molecule has 1 heterocycles. The van der Waals surface area contributed by atoms with E-state index in [1.165, 1.54) is 0 Å². The Balaban J connectivity index is 1.83. The molecule has 1 aromatic heterocycles. The van der Waals surface area contributed by atoms with Gasteiger partial charge in [0.15, 0.2) is 0 Å². The second-order valence-electron chi connectivity index (χ2n) is 10.5. The number of unbranched alkanes of at least 4 members (excludes halogenated alkanes) is 1. The smallest absolute Gasteiger partial charge is 0.315 e. The molecule has 7 nitrogen and oxygen atoms in total. The first-order valence-electron chi connectivity index (χ1n) is 12.6. The van der Waals surface area contributed by atoms with Gasteiger partial charge in [-0.15, -0.1) is 0 Å². The highest BCUT2D eigenvalue weighted by Crippen LogP contribution is 2.28. The molecule has 0 atom stereocenters. The first-order valence-corrected chi connectivity index (χ1v) is 12.6. The van der Waals surface area contributed by atoms with E-state index in [0.717, 1.165) is 40.9 Å². The summed E-state index contributed by atoms with van der Waals surface area (Å²) in [5.41, 5.74) is 5.59. The lowest BCUT2D eigenvalue weighted by molar-refractivity contribution is -0.116. The maximum atomic E-state index is 13.2. The number of aryl methyl sites for hydroxylation is 3. The Hall–Kier alpha value is -3.61. The highest BCUT2D eigenvalue weighted by molar-refractivity contribution is 5.96. The monoisotopic (exact) mass is 489 g/mol. The van der Waals surface area contributed by atoms with Gasteiger partial charge in [0.2, 0.25) is 5.91 Å². The lowest BCUT2D eigenvalue weighted by Crippen LogP contribution is -2.41. The van der Waals surface area contributed by atoms with E-state index >= 15 is 0 Å². The third kappa shape index (κ3) is 6.97. The van der Waals surface area contributed by atoms with Crippen LogP contribution in [0.25, 0.3) is 5.69 Å². The van der Waals surface area contributed by atoms with Crippen LogP contribution in [0.1, 0.15) is 62.9 Å². The number of urea groups is 1. The van der Waals surface area contributed by atoms with Crippen molar-refractivity contribution in [3.8, 4) is 5.69 Å². The number of carbonyl (C=O) groups is 2. The number of carbonyl (C=O) groups excluding carboxylic acids is 2. The summed E-state index contributed by atoms with van der Waals surface area (Å²) in [6.45, 7) is 14.8.